The molecule has 1 aromatic carbocycles. The normalized spacial score (nSPS) is 16.0. The van der Waals surface area contributed by atoms with Crippen LogP contribution in [0.25, 0.3) is 0 Å². The molecule has 0 saturated carbocycles. The van der Waals surface area contributed by atoms with E-state index in [1.54, 1.807) is 25.1 Å². The maximum absolute atomic E-state index is 12.9. The second kappa shape index (κ2) is 14.6. The summed E-state index contributed by atoms with van der Waals surface area (Å²) in [6, 6.07) is 5.39. The van der Waals surface area contributed by atoms with Crippen LogP contribution < -0.4 is 20.1 Å². The third-order valence-corrected chi connectivity index (χ3v) is 4.55. The van der Waals surface area contributed by atoms with Gasteiger partial charge in [0.25, 0.3) is 0 Å². The number of aliphatic imine (C=N–C) groups is 1. The third kappa shape index (κ3) is 8.76. The molecule has 0 radical (unpaired) electrons. The molecule has 1 fully saturated rings. The molecule has 1 aromatic rings. The Kier molecular flexibility index (Phi) is 12.9. The molecule has 1 unspecified atom stereocenters. The number of ether oxygens (including phenoxy) is 3. The zero-order valence-corrected chi connectivity index (χ0v) is 20.2. The topological polar surface area (TPSA) is 67.4 Å². The Morgan fingerprint density at radius 2 is 1.97 bits per heavy atom. The number of morpholine rings is 1. The Hall–Kier alpha value is -1.40. The number of hydrogen-bond donors (Lipinski definition) is 2. The molecule has 1 saturated heterocycles. The number of hydrogen-bond acceptors (Lipinski definition) is 5. The van der Waals surface area contributed by atoms with Crippen molar-refractivity contribution in [1.82, 2.24) is 15.5 Å². The fraction of sp³-hybridized carbons (Fsp3) is 0.650. The van der Waals surface area contributed by atoms with Gasteiger partial charge in [-0.05, 0) is 26.8 Å². The lowest BCUT2D eigenvalue weighted by Crippen LogP contribution is -2.49. The highest BCUT2D eigenvalue weighted by Crippen LogP contribution is 2.33. The first-order valence-electron chi connectivity index (χ1n) is 10.1. The van der Waals surface area contributed by atoms with Crippen LogP contribution in [0.3, 0.4) is 0 Å². The average Bonchev–Trinajstić information content (AvgIpc) is 2.72. The van der Waals surface area contributed by atoms with Crippen LogP contribution in [0.15, 0.2) is 23.2 Å². The molecule has 172 valence electrons. The van der Waals surface area contributed by atoms with Crippen LogP contribution in [0.2, 0.25) is 0 Å². The van der Waals surface area contributed by atoms with Crippen LogP contribution in [0.5, 0.6) is 11.5 Å². The summed E-state index contributed by atoms with van der Waals surface area (Å²) in [4.78, 5) is 6.90. The highest BCUT2D eigenvalue weighted by atomic mass is 127. The summed E-state index contributed by atoms with van der Waals surface area (Å²) in [7, 11) is 0. The molecule has 0 spiro atoms. The molecular formula is C20H33F2IN4O3. The number of para-hydroxylation sites is 1. The molecule has 10 heteroatoms. The van der Waals surface area contributed by atoms with Crippen molar-refractivity contribution in [1.29, 1.82) is 0 Å². The van der Waals surface area contributed by atoms with Gasteiger partial charge < -0.3 is 24.8 Å². The fourth-order valence-corrected chi connectivity index (χ4v) is 3.08. The first-order chi connectivity index (χ1) is 14.0. The number of nitrogens with zero attached hydrogens (tertiary/aromatic N) is 2. The van der Waals surface area contributed by atoms with E-state index in [0.29, 0.717) is 43.0 Å². The van der Waals surface area contributed by atoms with Gasteiger partial charge in [0.05, 0.1) is 26.4 Å². The lowest BCUT2D eigenvalue weighted by atomic mass is 10.2. The fourth-order valence-electron chi connectivity index (χ4n) is 3.08. The molecule has 0 amide bonds. The van der Waals surface area contributed by atoms with Crippen molar-refractivity contribution in [3.8, 4) is 11.5 Å². The summed E-state index contributed by atoms with van der Waals surface area (Å²) in [6.45, 7) is 8.27. The van der Waals surface area contributed by atoms with Gasteiger partial charge in [0.15, 0.2) is 17.5 Å². The lowest BCUT2D eigenvalue weighted by molar-refractivity contribution is -0.0520. The molecule has 30 heavy (non-hydrogen) atoms. The van der Waals surface area contributed by atoms with E-state index in [1.807, 2.05) is 6.92 Å². The maximum atomic E-state index is 12.9. The summed E-state index contributed by atoms with van der Waals surface area (Å²) in [5.74, 6) is 0.947. The van der Waals surface area contributed by atoms with E-state index in [0.717, 1.165) is 26.3 Å². The first-order valence-corrected chi connectivity index (χ1v) is 10.1. The molecule has 0 bridgehead atoms. The molecule has 2 N–H and O–H groups in total. The summed E-state index contributed by atoms with van der Waals surface area (Å²) >= 11 is 0. The standard InChI is InChI=1S/C20H32F2N4O3.HI/c1-4-23-20(24-13-15(3)26-9-11-27-12-10-26)25-14-16-7-6-8-17(28-5-2)18(16)29-19(21)22;/h6-8,15,19H,4-5,9-14H2,1-3H3,(H2,23,24,25);1H. The van der Waals surface area contributed by atoms with Crippen molar-refractivity contribution >= 4 is 29.9 Å². The maximum Gasteiger partial charge on any atom is 0.387 e. The quantitative estimate of drug-likeness (QED) is 0.269. The minimum absolute atomic E-state index is 0. The smallest absolute Gasteiger partial charge is 0.387 e. The van der Waals surface area contributed by atoms with E-state index in [-0.39, 0.29) is 36.3 Å². The summed E-state index contributed by atoms with van der Waals surface area (Å²) in [5, 5.41) is 6.51. The number of nitrogens with one attached hydrogen (secondary N) is 2. The first kappa shape index (κ1) is 26.6. The molecule has 1 heterocycles. The zero-order chi connectivity index (χ0) is 21.1. The SMILES string of the molecule is CCNC(=NCc1cccc(OCC)c1OC(F)F)NCC(C)N1CCOCC1.I. The van der Waals surface area contributed by atoms with Gasteiger partial charge in [0, 0.05) is 37.8 Å². The Morgan fingerprint density at radius 1 is 1.23 bits per heavy atom. The largest absolute Gasteiger partial charge is 0.490 e. The van der Waals surface area contributed by atoms with Gasteiger partial charge in [0.1, 0.15) is 0 Å². The average molecular weight is 542 g/mol. The van der Waals surface area contributed by atoms with E-state index in [2.05, 4.69) is 27.4 Å². The number of rotatable bonds is 10. The molecule has 0 aromatic heterocycles. The van der Waals surface area contributed by atoms with Crippen LogP contribution in [-0.2, 0) is 11.3 Å². The van der Waals surface area contributed by atoms with Crippen molar-refractivity contribution in [2.24, 2.45) is 4.99 Å². The van der Waals surface area contributed by atoms with E-state index in [4.69, 9.17) is 14.2 Å². The van der Waals surface area contributed by atoms with Crippen LogP contribution in [0.1, 0.15) is 26.3 Å². The van der Waals surface area contributed by atoms with E-state index in [1.165, 1.54) is 0 Å². The molecule has 1 atom stereocenters. The van der Waals surface area contributed by atoms with Gasteiger partial charge in [-0.3, -0.25) is 4.90 Å². The minimum Gasteiger partial charge on any atom is -0.490 e. The number of halogens is 3. The predicted molar refractivity (Wildman–Crippen MR) is 124 cm³/mol. The van der Waals surface area contributed by atoms with E-state index in [9.17, 15) is 8.78 Å². The van der Waals surface area contributed by atoms with Gasteiger partial charge in [-0.25, -0.2) is 4.99 Å². The highest BCUT2D eigenvalue weighted by molar-refractivity contribution is 14.0. The van der Waals surface area contributed by atoms with Gasteiger partial charge in [-0.1, -0.05) is 12.1 Å². The number of alkyl halides is 2. The monoisotopic (exact) mass is 542 g/mol. The Bertz CT molecular complexity index is 646. The van der Waals surface area contributed by atoms with Gasteiger partial charge >= 0.3 is 6.61 Å². The van der Waals surface area contributed by atoms with Crippen molar-refractivity contribution < 1.29 is 23.0 Å². The number of benzene rings is 1. The van der Waals surface area contributed by atoms with Crippen LogP contribution >= 0.6 is 24.0 Å². The van der Waals surface area contributed by atoms with E-state index >= 15 is 0 Å². The Labute approximate surface area is 194 Å². The minimum atomic E-state index is -2.93. The van der Waals surface area contributed by atoms with Crippen LogP contribution in [0, 0.1) is 0 Å². The summed E-state index contributed by atoms with van der Waals surface area (Å²) in [6.07, 6.45) is 0. The molecular weight excluding hydrogens is 509 g/mol. The second-order valence-corrected chi connectivity index (χ2v) is 6.63. The van der Waals surface area contributed by atoms with Gasteiger partial charge in [0.2, 0.25) is 0 Å². The zero-order valence-electron chi connectivity index (χ0n) is 17.8. The van der Waals surface area contributed by atoms with Gasteiger partial charge in [-0.2, -0.15) is 8.78 Å². The van der Waals surface area contributed by atoms with E-state index < -0.39 is 6.61 Å². The van der Waals surface area contributed by atoms with Crippen molar-refractivity contribution in [2.45, 2.75) is 40.0 Å². The Morgan fingerprint density at radius 3 is 2.60 bits per heavy atom. The van der Waals surface area contributed by atoms with Crippen LogP contribution in [-0.4, -0.2) is 69.5 Å². The molecule has 1 aliphatic heterocycles. The molecule has 7 nitrogen and oxygen atoms in total. The predicted octanol–water partition coefficient (Wildman–Crippen LogP) is 3.08. The van der Waals surface area contributed by atoms with Crippen molar-refractivity contribution in [3.05, 3.63) is 23.8 Å². The van der Waals surface area contributed by atoms with Gasteiger partial charge in [-0.15, -0.1) is 24.0 Å². The molecule has 0 aliphatic carbocycles. The Balaban J connectivity index is 0.00000450. The van der Waals surface area contributed by atoms with Crippen molar-refractivity contribution in [2.75, 3.05) is 46.0 Å². The lowest BCUT2D eigenvalue weighted by Gasteiger charge is -2.32. The summed E-state index contributed by atoms with van der Waals surface area (Å²) in [5.41, 5.74) is 0.537. The number of guanidine groups is 1. The second-order valence-electron chi connectivity index (χ2n) is 6.63. The summed E-state index contributed by atoms with van der Waals surface area (Å²) < 4.78 is 41.3. The highest BCUT2D eigenvalue weighted by Gasteiger charge is 2.18. The van der Waals surface area contributed by atoms with Crippen molar-refractivity contribution in [3.63, 3.8) is 0 Å². The molecule has 2 rings (SSSR count). The van der Waals surface area contributed by atoms with Crippen LogP contribution in [0.4, 0.5) is 8.78 Å². The molecule has 1 aliphatic rings. The third-order valence-electron chi connectivity index (χ3n) is 4.55.